The first-order valence-electron chi connectivity index (χ1n) is 8.81. The molecule has 8 nitrogen and oxygen atoms in total. The predicted molar refractivity (Wildman–Crippen MR) is 116 cm³/mol. The number of aromatic nitrogens is 1. The molecule has 170 valence electrons. The van der Waals surface area contributed by atoms with Crippen LogP contribution in [0, 0.1) is 11.6 Å². The number of anilines is 2. The minimum absolute atomic E-state index is 0.0200. The first-order chi connectivity index (χ1) is 15.1. The van der Waals surface area contributed by atoms with Gasteiger partial charge in [-0.25, -0.2) is 27.0 Å². The molecule has 0 aliphatic heterocycles. The summed E-state index contributed by atoms with van der Waals surface area (Å²) in [6, 6.07) is 4.98. The SMILES string of the molecule is COc1ccc(F)c(C(C)Nc2cc(F)c(S(=O)(=O)N(C(=O)O)c3cscn3)cc2Cl)c1. The predicted octanol–water partition coefficient (Wildman–Crippen LogP) is 5.13. The average molecular weight is 504 g/mol. The summed E-state index contributed by atoms with van der Waals surface area (Å²) in [6.07, 6.45) is -1.87. The number of halogens is 3. The molecule has 13 heteroatoms. The minimum atomic E-state index is -4.88. The van der Waals surface area contributed by atoms with Crippen molar-refractivity contribution in [1.82, 2.24) is 4.98 Å². The van der Waals surface area contributed by atoms with Gasteiger partial charge in [-0.3, -0.25) is 0 Å². The van der Waals surface area contributed by atoms with E-state index in [4.69, 9.17) is 16.3 Å². The van der Waals surface area contributed by atoms with Gasteiger partial charge in [0, 0.05) is 10.9 Å². The largest absolute Gasteiger partial charge is 0.497 e. The van der Waals surface area contributed by atoms with E-state index in [0.717, 1.165) is 23.5 Å². The van der Waals surface area contributed by atoms with Crippen LogP contribution in [0.15, 0.2) is 46.1 Å². The van der Waals surface area contributed by atoms with E-state index in [1.54, 1.807) is 6.92 Å². The molecule has 32 heavy (non-hydrogen) atoms. The summed E-state index contributed by atoms with van der Waals surface area (Å²) in [5, 5.41) is 13.2. The Morgan fingerprint density at radius 1 is 1.28 bits per heavy atom. The van der Waals surface area contributed by atoms with E-state index in [1.807, 2.05) is 0 Å². The quantitative estimate of drug-likeness (QED) is 0.460. The number of nitrogens with one attached hydrogen (secondary N) is 1. The molecule has 0 saturated carbocycles. The summed E-state index contributed by atoms with van der Waals surface area (Å²) in [6.45, 7) is 1.59. The molecule has 1 heterocycles. The number of hydrogen-bond acceptors (Lipinski definition) is 7. The zero-order valence-corrected chi connectivity index (χ0v) is 18.9. The van der Waals surface area contributed by atoms with Gasteiger partial charge in [-0.2, -0.15) is 0 Å². The maximum Gasteiger partial charge on any atom is 0.427 e. The van der Waals surface area contributed by atoms with Crippen LogP contribution in [-0.2, 0) is 10.0 Å². The molecule has 0 fully saturated rings. The van der Waals surface area contributed by atoms with Crippen molar-refractivity contribution in [1.29, 1.82) is 0 Å². The van der Waals surface area contributed by atoms with Gasteiger partial charge in [0.1, 0.15) is 22.3 Å². The highest BCUT2D eigenvalue weighted by molar-refractivity contribution is 7.93. The van der Waals surface area contributed by atoms with Crippen LogP contribution in [0.3, 0.4) is 0 Å². The van der Waals surface area contributed by atoms with Crippen molar-refractivity contribution in [3.05, 3.63) is 63.4 Å². The van der Waals surface area contributed by atoms with E-state index >= 15 is 0 Å². The summed E-state index contributed by atoms with van der Waals surface area (Å²) < 4.78 is 59.8. The topological polar surface area (TPSA) is 109 Å². The molecule has 0 spiro atoms. The third kappa shape index (κ3) is 4.61. The molecule has 1 unspecified atom stereocenters. The summed E-state index contributed by atoms with van der Waals surface area (Å²) >= 11 is 7.12. The van der Waals surface area contributed by atoms with Crippen LogP contribution < -0.4 is 14.4 Å². The van der Waals surface area contributed by atoms with Gasteiger partial charge in [-0.15, -0.1) is 15.6 Å². The Hall–Kier alpha value is -2.96. The number of methoxy groups -OCH3 is 1. The van der Waals surface area contributed by atoms with E-state index in [9.17, 15) is 27.1 Å². The number of sulfonamides is 1. The Balaban J connectivity index is 1.97. The molecule has 1 atom stereocenters. The van der Waals surface area contributed by atoms with Crippen molar-refractivity contribution in [2.75, 3.05) is 16.7 Å². The summed E-state index contributed by atoms with van der Waals surface area (Å²) in [5.41, 5.74) is 1.42. The highest BCUT2D eigenvalue weighted by Gasteiger charge is 2.35. The molecule has 1 amide bonds. The Labute approximate surface area is 191 Å². The lowest BCUT2D eigenvalue weighted by molar-refractivity contribution is 0.206. The van der Waals surface area contributed by atoms with Gasteiger partial charge < -0.3 is 15.2 Å². The number of thiazole rings is 1. The van der Waals surface area contributed by atoms with Crippen LogP contribution in [0.1, 0.15) is 18.5 Å². The standard InChI is InChI=1S/C19H16ClF2N3O5S2/c1-10(12-5-11(30-2)3-4-14(12)21)24-16-7-15(22)17(6-13(16)20)32(28,29)25(19(26)27)18-8-31-9-23-18/h3-10,24H,1-2H3,(H,26,27). The van der Waals surface area contributed by atoms with Gasteiger partial charge in [0.2, 0.25) is 0 Å². The number of hydrogen-bond donors (Lipinski definition) is 2. The van der Waals surface area contributed by atoms with E-state index < -0.39 is 44.5 Å². The van der Waals surface area contributed by atoms with Crippen molar-refractivity contribution in [3.63, 3.8) is 0 Å². The first kappa shape index (κ1) is 23.7. The zero-order valence-electron chi connectivity index (χ0n) is 16.5. The van der Waals surface area contributed by atoms with Gasteiger partial charge in [-0.1, -0.05) is 11.6 Å². The average Bonchev–Trinajstić information content (AvgIpc) is 3.24. The van der Waals surface area contributed by atoms with Gasteiger partial charge in [0.05, 0.1) is 29.4 Å². The number of carbonyl (C=O) groups is 1. The van der Waals surface area contributed by atoms with Gasteiger partial charge in [0.25, 0.3) is 10.0 Å². The minimum Gasteiger partial charge on any atom is -0.497 e. The number of nitrogens with zero attached hydrogens (tertiary/aromatic N) is 2. The molecule has 0 aliphatic rings. The fourth-order valence-corrected chi connectivity index (χ4v) is 5.05. The van der Waals surface area contributed by atoms with Crippen LogP contribution in [-0.4, -0.2) is 31.7 Å². The Morgan fingerprint density at radius 2 is 2.00 bits per heavy atom. The fraction of sp³-hybridized carbons (Fsp3) is 0.158. The normalized spacial score (nSPS) is 12.3. The van der Waals surface area contributed by atoms with Gasteiger partial charge >= 0.3 is 6.09 Å². The number of benzene rings is 2. The monoisotopic (exact) mass is 503 g/mol. The highest BCUT2D eigenvalue weighted by atomic mass is 35.5. The van der Waals surface area contributed by atoms with Crippen molar-refractivity contribution in [3.8, 4) is 5.75 Å². The van der Waals surface area contributed by atoms with Gasteiger partial charge in [-0.05, 0) is 37.3 Å². The van der Waals surface area contributed by atoms with Gasteiger partial charge in [0.15, 0.2) is 5.82 Å². The smallest absolute Gasteiger partial charge is 0.427 e. The number of amides is 1. The molecule has 3 rings (SSSR count). The molecule has 3 aromatic rings. The Bertz CT molecular complexity index is 1260. The molecule has 0 radical (unpaired) electrons. The van der Waals surface area contributed by atoms with E-state index in [-0.39, 0.29) is 20.6 Å². The molecule has 1 aromatic heterocycles. The van der Waals surface area contributed by atoms with Crippen LogP contribution >= 0.6 is 22.9 Å². The van der Waals surface area contributed by atoms with Crippen LogP contribution in [0.4, 0.5) is 25.1 Å². The second kappa shape index (κ2) is 9.27. The van der Waals surface area contributed by atoms with E-state index in [1.165, 1.54) is 36.2 Å². The second-order valence-electron chi connectivity index (χ2n) is 6.41. The van der Waals surface area contributed by atoms with Crippen LogP contribution in [0.5, 0.6) is 5.75 Å². The molecular weight excluding hydrogens is 488 g/mol. The molecule has 0 bridgehead atoms. The Kier molecular flexibility index (Phi) is 6.86. The molecule has 0 saturated heterocycles. The van der Waals surface area contributed by atoms with Crippen LogP contribution in [0.25, 0.3) is 0 Å². The fourth-order valence-electron chi connectivity index (χ4n) is 2.86. The maximum absolute atomic E-state index is 14.8. The van der Waals surface area contributed by atoms with Crippen LogP contribution in [0.2, 0.25) is 5.02 Å². The molecule has 2 N–H and O–H groups in total. The zero-order chi connectivity index (χ0) is 23.6. The lowest BCUT2D eigenvalue weighted by atomic mass is 10.1. The van der Waals surface area contributed by atoms with E-state index in [2.05, 4.69) is 10.3 Å². The third-order valence-corrected chi connectivity index (χ3v) is 6.96. The number of rotatable bonds is 7. The molecule has 0 aliphatic carbocycles. The number of carboxylic acid groups (broad SMARTS) is 1. The Morgan fingerprint density at radius 3 is 2.59 bits per heavy atom. The van der Waals surface area contributed by atoms with E-state index in [0.29, 0.717) is 5.75 Å². The molecular formula is C19H16ClF2N3O5S2. The maximum atomic E-state index is 14.8. The lowest BCUT2D eigenvalue weighted by Gasteiger charge is -2.20. The molecule has 2 aromatic carbocycles. The summed E-state index contributed by atoms with van der Waals surface area (Å²) in [7, 11) is -3.45. The number of ether oxygens (including phenoxy) is 1. The highest BCUT2D eigenvalue weighted by Crippen LogP contribution is 2.34. The third-order valence-electron chi connectivity index (χ3n) is 4.38. The summed E-state index contributed by atoms with van der Waals surface area (Å²) in [4.78, 5) is 14.3. The van der Waals surface area contributed by atoms with Crippen molar-refractivity contribution in [2.24, 2.45) is 0 Å². The summed E-state index contributed by atoms with van der Waals surface area (Å²) in [5.74, 6) is -1.79. The van der Waals surface area contributed by atoms with Crippen molar-refractivity contribution < 1.29 is 31.8 Å². The van der Waals surface area contributed by atoms with Crippen molar-refractivity contribution in [2.45, 2.75) is 17.9 Å². The second-order valence-corrected chi connectivity index (χ2v) is 9.30. The first-order valence-corrected chi connectivity index (χ1v) is 11.6. The lowest BCUT2D eigenvalue weighted by Crippen LogP contribution is -2.36. The van der Waals surface area contributed by atoms with Crippen molar-refractivity contribution >= 4 is 50.6 Å².